The number of benzene rings is 1. The molecular weight excluding hydrogens is 268 g/mol. The number of ether oxygens (including phenoxy) is 1. The number of aliphatic carboxylic acids is 1. The molecule has 1 aromatic carbocycles. The third-order valence-corrected chi connectivity index (χ3v) is 3.39. The molecule has 4 nitrogen and oxygen atoms in total. The molecule has 1 aliphatic carbocycles. The van der Waals surface area contributed by atoms with Crippen molar-refractivity contribution in [3.8, 4) is 5.75 Å². The molecule has 6 heteroatoms. The van der Waals surface area contributed by atoms with Crippen LogP contribution in [0.3, 0.4) is 0 Å². The van der Waals surface area contributed by atoms with Crippen LogP contribution < -0.4 is 10.1 Å². The second kappa shape index (κ2) is 6.17. The van der Waals surface area contributed by atoms with Crippen LogP contribution in [0.4, 0.5) is 8.78 Å². The summed E-state index contributed by atoms with van der Waals surface area (Å²) in [5, 5.41) is 12.2. The molecule has 20 heavy (non-hydrogen) atoms. The lowest BCUT2D eigenvalue weighted by Crippen LogP contribution is -2.40. The molecule has 0 bridgehead atoms. The fourth-order valence-electron chi connectivity index (χ4n) is 2.24. The van der Waals surface area contributed by atoms with Crippen LogP contribution >= 0.6 is 0 Å². The van der Waals surface area contributed by atoms with Gasteiger partial charge in [0.15, 0.2) is 0 Å². The van der Waals surface area contributed by atoms with E-state index in [2.05, 4.69) is 10.1 Å². The lowest BCUT2D eigenvalue weighted by Gasteiger charge is -2.22. The van der Waals surface area contributed by atoms with Gasteiger partial charge in [-0.25, -0.2) is 0 Å². The fourth-order valence-corrected chi connectivity index (χ4v) is 2.24. The minimum atomic E-state index is -2.90. The van der Waals surface area contributed by atoms with Crippen LogP contribution in [0.1, 0.15) is 31.4 Å². The number of carboxylic acid groups (broad SMARTS) is 1. The van der Waals surface area contributed by atoms with Gasteiger partial charge in [0.05, 0.1) is 0 Å². The summed E-state index contributed by atoms with van der Waals surface area (Å²) >= 11 is 0. The van der Waals surface area contributed by atoms with Crippen LogP contribution in [0.25, 0.3) is 0 Å². The van der Waals surface area contributed by atoms with Crippen molar-refractivity contribution in [1.29, 1.82) is 0 Å². The molecule has 2 atom stereocenters. The lowest BCUT2D eigenvalue weighted by molar-refractivity contribution is -0.140. The quantitative estimate of drug-likeness (QED) is 0.808. The van der Waals surface area contributed by atoms with E-state index in [1.165, 1.54) is 6.07 Å². The molecule has 1 aromatic rings. The maximum Gasteiger partial charge on any atom is 0.387 e. The van der Waals surface area contributed by atoms with E-state index >= 15 is 0 Å². The monoisotopic (exact) mass is 285 g/mol. The third-order valence-electron chi connectivity index (χ3n) is 3.39. The summed E-state index contributed by atoms with van der Waals surface area (Å²) in [5.74, 6) is -0.716. The molecule has 2 N–H and O–H groups in total. The lowest BCUT2D eigenvalue weighted by atomic mass is 10.0. The van der Waals surface area contributed by atoms with Crippen LogP contribution in [-0.2, 0) is 4.79 Å². The molecule has 0 aliphatic heterocycles. The van der Waals surface area contributed by atoms with Gasteiger partial charge < -0.3 is 9.84 Å². The van der Waals surface area contributed by atoms with Crippen molar-refractivity contribution < 1.29 is 23.4 Å². The Kier molecular flexibility index (Phi) is 4.54. The zero-order valence-corrected chi connectivity index (χ0v) is 11.1. The molecule has 110 valence electrons. The Morgan fingerprint density at radius 2 is 2.05 bits per heavy atom. The van der Waals surface area contributed by atoms with Gasteiger partial charge in [-0.2, -0.15) is 8.78 Å². The van der Waals surface area contributed by atoms with Gasteiger partial charge in [0.25, 0.3) is 0 Å². The van der Waals surface area contributed by atoms with Gasteiger partial charge in [-0.05, 0) is 31.7 Å². The Hall–Kier alpha value is -1.69. The number of carbonyl (C=O) groups is 1. The van der Waals surface area contributed by atoms with Gasteiger partial charge in [-0.3, -0.25) is 10.1 Å². The van der Waals surface area contributed by atoms with Crippen LogP contribution in [0, 0.1) is 5.92 Å². The molecule has 0 spiro atoms. The van der Waals surface area contributed by atoms with Gasteiger partial charge in [-0.15, -0.1) is 0 Å². The van der Waals surface area contributed by atoms with Gasteiger partial charge in [0.1, 0.15) is 11.8 Å². The fraction of sp³-hybridized carbons (Fsp3) is 0.500. The van der Waals surface area contributed by atoms with Gasteiger partial charge in [0.2, 0.25) is 0 Å². The maximum absolute atomic E-state index is 12.4. The zero-order valence-electron chi connectivity index (χ0n) is 11.1. The van der Waals surface area contributed by atoms with Gasteiger partial charge in [0, 0.05) is 11.6 Å². The van der Waals surface area contributed by atoms with E-state index in [1.807, 2.05) is 0 Å². The van der Waals surface area contributed by atoms with E-state index in [4.69, 9.17) is 0 Å². The second-order valence-corrected chi connectivity index (χ2v) is 4.96. The van der Waals surface area contributed by atoms with Crippen molar-refractivity contribution >= 4 is 5.97 Å². The first-order chi connectivity index (χ1) is 9.49. The van der Waals surface area contributed by atoms with Crippen LogP contribution in [-0.4, -0.2) is 23.7 Å². The molecule has 1 fully saturated rings. The number of halogens is 2. The first kappa shape index (κ1) is 14.7. The molecular formula is C14H17F2NO3. The largest absolute Gasteiger partial charge is 0.480 e. The van der Waals surface area contributed by atoms with E-state index in [-0.39, 0.29) is 17.7 Å². The minimum absolute atomic E-state index is 0.0717. The third kappa shape index (κ3) is 3.66. The molecule has 1 aliphatic rings. The first-order valence-corrected chi connectivity index (χ1v) is 6.51. The number of nitrogens with one attached hydrogen (secondary N) is 1. The number of carboxylic acids is 1. The van der Waals surface area contributed by atoms with E-state index in [0.29, 0.717) is 5.56 Å². The normalized spacial score (nSPS) is 17.8. The zero-order chi connectivity index (χ0) is 14.7. The summed E-state index contributed by atoms with van der Waals surface area (Å²) in [6.45, 7) is -1.16. The summed E-state index contributed by atoms with van der Waals surface area (Å²) < 4.78 is 29.2. The maximum atomic E-state index is 12.4. The Labute approximate surface area is 115 Å². The highest BCUT2D eigenvalue weighted by Crippen LogP contribution is 2.35. The summed E-state index contributed by atoms with van der Waals surface area (Å²) in [6, 6.07) is 5.38. The van der Waals surface area contributed by atoms with Crippen LogP contribution in [0.15, 0.2) is 24.3 Å². The summed E-state index contributed by atoms with van der Waals surface area (Å²) in [7, 11) is 0. The number of hydrogen-bond acceptors (Lipinski definition) is 3. The van der Waals surface area contributed by atoms with Crippen molar-refractivity contribution in [2.75, 3.05) is 0 Å². The number of para-hydroxylation sites is 1. The van der Waals surface area contributed by atoms with Crippen molar-refractivity contribution in [2.24, 2.45) is 5.92 Å². The molecule has 0 aromatic heterocycles. The molecule has 2 unspecified atom stereocenters. The Bertz CT molecular complexity index is 477. The Morgan fingerprint density at radius 3 is 2.60 bits per heavy atom. The van der Waals surface area contributed by atoms with Crippen LogP contribution in [0.2, 0.25) is 0 Å². The second-order valence-electron chi connectivity index (χ2n) is 4.96. The minimum Gasteiger partial charge on any atom is -0.480 e. The topological polar surface area (TPSA) is 58.6 Å². The van der Waals surface area contributed by atoms with E-state index in [1.54, 1.807) is 25.1 Å². The Morgan fingerprint density at radius 1 is 1.40 bits per heavy atom. The summed E-state index contributed by atoms with van der Waals surface area (Å²) in [4.78, 5) is 11.2. The summed E-state index contributed by atoms with van der Waals surface area (Å²) in [6.07, 6.45) is 1.76. The highest BCUT2D eigenvalue weighted by molar-refractivity contribution is 5.74. The van der Waals surface area contributed by atoms with Gasteiger partial charge in [-0.1, -0.05) is 18.2 Å². The molecule has 0 saturated heterocycles. The molecule has 1 saturated carbocycles. The molecule has 0 radical (unpaired) electrons. The van der Waals surface area contributed by atoms with E-state index in [0.717, 1.165) is 12.8 Å². The number of hydrogen-bond donors (Lipinski definition) is 2. The molecule has 0 heterocycles. The van der Waals surface area contributed by atoms with E-state index < -0.39 is 18.6 Å². The summed E-state index contributed by atoms with van der Waals surface area (Å²) in [5.41, 5.74) is 0.528. The average Bonchev–Trinajstić information content (AvgIpc) is 3.19. The average molecular weight is 285 g/mol. The van der Waals surface area contributed by atoms with Gasteiger partial charge >= 0.3 is 12.6 Å². The van der Waals surface area contributed by atoms with Crippen molar-refractivity contribution in [3.05, 3.63) is 29.8 Å². The predicted molar refractivity (Wildman–Crippen MR) is 68.8 cm³/mol. The molecule has 0 amide bonds. The SMILES string of the molecule is CC(NC(C(=O)O)C1CC1)c1ccccc1OC(F)F. The van der Waals surface area contributed by atoms with Crippen LogP contribution in [0.5, 0.6) is 5.75 Å². The number of alkyl halides is 2. The molecule has 2 rings (SSSR count). The highest BCUT2D eigenvalue weighted by Gasteiger charge is 2.37. The van der Waals surface area contributed by atoms with E-state index in [9.17, 15) is 18.7 Å². The smallest absolute Gasteiger partial charge is 0.387 e. The van der Waals surface area contributed by atoms with Crippen molar-refractivity contribution in [1.82, 2.24) is 5.32 Å². The van der Waals surface area contributed by atoms with Crippen molar-refractivity contribution in [2.45, 2.75) is 38.5 Å². The highest BCUT2D eigenvalue weighted by atomic mass is 19.3. The Balaban J connectivity index is 2.11. The predicted octanol–water partition coefficient (Wildman–Crippen LogP) is 2.80. The first-order valence-electron chi connectivity index (χ1n) is 6.51. The standard InChI is InChI=1S/C14H17F2NO3/c1-8(17-12(13(18)19)9-6-7-9)10-4-2-3-5-11(10)20-14(15)16/h2-5,8-9,12,14,17H,6-7H2,1H3,(H,18,19). The number of rotatable bonds is 7. The van der Waals surface area contributed by atoms with Crippen molar-refractivity contribution in [3.63, 3.8) is 0 Å².